The van der Waals surface area contributed by atoms with Gasteiger partial charge in [-0.15, -0.1) is 0 Å². The molecule has 0 atom stereocenters. The molecule has 0 bridgehead atoms. The van der Waals surface area contributed by atoms with E-state index in [2.05, 4.69) is 6.92 Å². The molecule has 96 valence electrons. The molecule has 0 aliphatic heterocycles. The van der Waals surface area contributed by atoms with Crippen molar-refractivity contribution < 1.29 is 4.42 Å². The maximum Gasteiger partial charge on any atom is 0.422 e. The van der Waals surface area contributed by atoms with Gasteiger partial charge in [0.25, 0.3) is 0 Å². The Hall–Kier alpha value is -1.55. The molecule has 2 rings (SSSR count). The quantitative estimate of drug-likeness (QED) is 0.801. The van der Waals surface area contributed by atoms with Gasteiger partial charge in [0.05, 0.1) is 15.9 Å². The number of unbranched alkanes of at least 4 members (excludes halogenated alkanes) is 2. The van der Waals surface area contributed by atoms with E-state index in [1.165, 1.54) is 4.57 Å². The van der Waals surface area contributed by atoms with Crippen molar-refractivity contribution in [3.8, 4) is 0 Å². The standard InChI is InChI=1S/C13H14ClNO3/c1-2-3-4-8-15-11-9(6-5-7-10(11)14)12(16)18-13(15)17/h5-7H,2-4,8H2,1H3. The third-order valence-electron chi connectivity index (χ3n) is 2.86. The van der Waals surface area contributed by atoms with E-state index in [0.29, 0.717) is 22.5 Å². The first kappa shape index (κ1) is 12.9. The number of nitrogens with zero attached hydrogens (tertiary/aromatic N) is 1. The predicted molar refractivity (Wildman–Crippen MR) is 71.3 cm³/mol. The summed E-state index contributed by atoms with van der Waals surface area (Å²) in [5.41, 5.74) is -0.166. The van der Waals surface area contributed by atoms with Crippen molar-refractivity contribution in [2.24, 2.45) is 0 Å². The SMILES string of the molecule is CCCCCn1c(=O)oc(=O)c2cccc(Cl)c21. The molecule has 4 nitrogen and oxygen atoms in total. The Labute approximate surface area is 109 Å². The number of benzene rings is 1. The van der Waals surface area contributed by atoms with Gasteiger partial charge in [0.2, 0.25) is 0 Å². The fourth-order valence-electron chi connectivity index (χ4n) is 1.96. The molecule has 0 fully saturated rings. The summed E-state index contributed by atoms with van der Waals surface area (Å²) in [7, 11) is 0. The zero-order chi connectivity index (χ0) is 13.1. The van der Waals surface area contributed by atoms with E-state index in [1.54, 1.807) is 18.2 Å². The highest BCUT2D eigenvalue weighted by atomic mass is 35.5. The van der Waals surface area contributed by atoms with Crippen LogP contribution in [0.3, 0.4) is 0 Å². The molecule has 5 heteroatoms. The van der Waals surface area contributed by atoms with Gasteiger partial charge in [-0.2, -0.15) is 0 Å². The maximum atomic E-state index is 11.7. The van der Waals surface area contributed by atoms with E-state index in [0.717, 1.165) is 19.3 Å². The first-order valence-electron chi connectivity index (χ1n) is 5.97. The molecule has 1 aromatic heterocycles. The summed E-state index contributed by atoms with van der Waals surface area (Å²) in [6.07, 6.45) is 2.92. The third-order valence-corrected chi connectivity index (χ3v) is 3.17. The first-order chi connectivity index (χ1) is 8.65. The van der Waals surface area contributed by atoms with Gasteiger partial charge in [0.15, 0.2) is 0 Å². The van der Waals surface area contributed by atoms with E-state index >= 15 is 0 Å². The minimum absolute atomic E-state index is 0.346. The van der Waals surface area contributed by atoms with E-state index in [1.807, 2.05) is 0 Å². The highest BCUT2D eigenvalue weighted by molar-refractivity contribution is 6.35. The molecular formula is C13H14ClNO3. The third kappa shape index (κ3) is 2.34. The van der Waals surface area contributed by atoms with Crippen LogP contribution in [0.2, 0.25) is 5.02 Å². The molecule has 0 spiro atoms. The number of fused-ring (bicyclic) bond motifs is 1. The molecular weight excluding hydrogens is 254 g/mol. The second-order valence-corrected chi connectivity index (χ2v) is 4.56. The molecule has 0 amide bonds. The van der Waals surface area contributed by atoms with Crippen LogP contribution < -0.4 is 11.4 Å². The van der Waals surface area contributed by atoms with Crippen LogP contribution in [0.5, 0.6) is 0 Å². The van der Waals surface area contributed by atoms with Crippen LogP contribution in [0, 0.1) is 0 Å². The second-order valence-electron chi connectivity index (χ2n) is 4.15. The summed E-state index contributed by atoms with van der Waals surface area (Å²) in [6, 6.07) is 4.95. The van der Waals surface area contributed by atoms with Crippen molar-refractivity contribution in [3.63, 3.8) is 0 Å². The molecule has 1 heterocycles. The molecule has 0 unspecified atom stereocenters. The Kier molecular flexibility index (Phi) is 3.87. The highest BCUT2D eigenvalue weighted by Gasteiger charge is 2.11. The lowest BCUT2D eigenvalue weighted by molar-refractivity contribution is 0.410. The van der Waals surface area contributed by atoms with Crippen molar-refractivity contribution in [2.75, 3.05) is 0 Å². The molecule has 0 saturated carbocycles. The Bertz CT molecular complexity index is 672. The Morgan fingerprint density at radius 2 is 2.06 bits per heavy atom. The van der Waals surface area contributed by atoms with Crippen molar-refractivity contribution in [3.05, 3.63) is 44.2 Å². The minimum atomic E-state index is -0.642. The molecule has 18 heavy (non-hydrogen) atoms. The Morgan fingerprint density at radius 1 is 1.28 bits per heavy atom. The van der Waals surface area contributed by atoms with Crippen LogP contribution in [-0.2, 0) is 6.54 Å². The number of hydrogen-bond acceptors (Lipinski definition) is 3. The summed E-state index contributed by atoms with van der Waals surface area (Å²) in [4.78, 5) is 23.3. The van der Waals surface area contributed by atoms with E-state index in [4.69, 9.17) is 16.0 Å². The molecule has 1 aromatic carbocycles. The van der Waals surface area contributed by atoms with Gasteiger partial charge in [0.1, 0.15) is 0 Å². The topological polar surface area (TPSA) is 52.2 Å². The molecule has 0 N–H and O–H groups in total. The predicted octanol–water partition coefficient (Wildman–Crippen LogP) is 2.80. The number of aryl methyl sites for hydroxylation is 1. The maximum absolute atomic E-state index is 11.7. The summed E-state index contributed by atoms with van der Waals surface area (Å²) < 4.78 is 6.14. The van der Waals surface area contributed by atoms with Crippen LogP contribution in [0.1, 0.15) is 26.2 Å². The van der Waals surface area contributed by atoms with Gasteiger partial charge in [-0.05, 0) is 18.6 Å². The summed E-state index contributed by atoms with van der Waals surface area (Å²) in [5, 5.41) is 0.743. The van der Waals surface area contributed by atoms with Gasteiger partial charge >= 0.3 is 11.4 Å². The van der Waals surface area contributed by atoms with E-state index in [9.17, 15) is 9.59 Å². The van der Waals surface area contributed by atoms with E-state index in [-0.39, 0.29) is 0 Å². The number of rotatable bonds is 4. The van der Waals surface area contributed by atoms with Gasteiger partial charge in [-0.1, -0.05) is 37.4 Å². The number of para-hydroxylation sites is 1. The summed E-state index contributed by atoms with van der Waals surface area (Å²) in [6.45, 7) is 2.59. The average Bonchev–Trinajstić information content (AvgIpc) is 2.34. The largest absolute Gasteiger partial charge is 0.422 e. The van der Waals surface area contributed by atoms with Crippen LogP contribution >= 0.6 is 11.6 Å². The smallest absolute Gasteiger partial charge is 0.372 e. The van der Waals surface area contributed by atoms with Gasteiger partial charge in [-0.3, -0.25) is 4.57 Å². The molecule has 0 aliphatic rings. The fourth-order valence-corrected chi connectivity index (χ4v) is 2.23. The van der Waals surface area contributed by atoms with Gasteiger partial charge in [-0.25, -0.2) is 9.59 Å². The molecule has 0 aliphatic carbocycles. The normalized spacial score (nSPS) is 11.0. The molecule has 2 aromatic rings. The first-order valence-corrected chi connectivity index (χ1v) is 6.35. The van der Waals surface area contributed by atoms with Crippen LogP contribution in [0.15, 0.2) is 32.2 Å². The van der Waals surface area contributed by atoms with Crippen molar-refractivity contribution in [2.45, 2.75) is 32.7 Å². The number of halogens is 1. The zero-order valence-corrected chi connectivity index (χ0v) is 10.9. The van der Waals surface area contributed by atoms with Crippen molar-refractivity contribution in [1.82, 2.24) is 4.57 Å². The minimum Gasteiger partial charge on any atom is -0.372 e. The average molecular weight is 268 g/mol. The summed E-state index contributed by atoms with van der Waals surface area (Å²) in [5.74, 6) is -0.642. The van der Waals surface area contributed by atoms with Crippen LogP contribution in [-0.4, -0.2) is 4.57 Å². The van der Waals surface area contributed by atoms with Crippen LogP contribution in [0.25, 0.3) is 10.9 Å². The highest BCUT2D eigenvalue weighted by Crippen LogP contribution is 2.20. The lowest BCUT2D eigenvalue weighted by Crippen LogP contribution is -2.25. The number of aromatic nitrogens is 1. The Morgan fingerprint density at radius 3 is 2.78 bits per heavy atom. The monoisotopic (exact) mass is 267 g/mol. The van der Waals surface area contributed by atoms with Gasteiger partial charge < -0.3 is 4.42 Å². The fraction of sp³-hybridized carbons (Fsp3) is 0.385. The summed E-state index contributed by atoms with van der Waals surface area (Å²) >= 11 is 6.08. The van der Waals surface area contributed by atoms with Crippen molar-refractivity contribution >= 4 is 22.5 Å². The Balaban J connectivity index is 2.64. The second kappa shape index (κ2) is 5.40. The van der Waals surface area contributed by atoms with Crippen molar-refractivity contribution in [1.29, 1.82) is 0 Å². The molecule has 0 saturated heterocycles. The zero-order valence-electron chi connectivity index (χ0n) is 10.1. The van der Waals surface area contributed by atoms with E-state index < -0.39 is 11.4 Å². The van der Waals surface area contributed by atoms with Gasteiger partial charge in [0, 0.05) is 6.54 Å². The molecule has 0 radical (unpaired) electrons. The lowest BCUT2D eigenvalue weighted by atomic mass is 10.2. The van der Waals surface area contributed by atoms with Crippen LogP contribution in [0.4, 0.5) is 0 Å². The number of hydrogen-bond donors (Lipinski definition) is 0. The lowest BCUT2D eigenvalue weighted by Gasteiger charge is -2.09.